The third-order valence-corrected chi connectivity index (χ3v) is 3.86. The average Bonchev–Trinajstić information content (AvgIpc) is 2.50. The summed E-state index contributed by atoms with van der Waals surface area (Å²) in [5.41, 5.74) is 1.37. The molecule has 3 rings (SSSR count). The van der Waals surface area contributed by atoms with Gasteiger partial charge in [0.2, 0.25) is 6.29 Å². The molecule has 0 spiro atoms. The summed E-state index contributed by atoms with van der Waals surface area (Å²) in [6.07, 6.45) is 8.51. The maximum Gasteiger partial charge on any atom is 0.210 e. The van der Waals surface area contributed by atoms with E-state index in [-0.39, 0.29) is 12.4 Å². The summed E-state index contributed by atoms with van der Waals surface area (Å²) in [5, 5.41) is 0. The highest BCUT2D eigenvalue weighted by atomic mass is 17.2. The van der Waals surface area contributed by atoms with Crippen LogP contribution in [-0.2, 0) is 14.5 Å². The van der Waals surface area contributed by atoms with Crippen molar-refractivity contribution >= 4 is 0 Å². The molecular formula is C16H20O3. The third kappa shape index (κ3) is 3.24. The molecule has 2 aliphatic rings. The number of ether oxygens (including phenoxy) is 1. The van der Waals surface area contributed by atoms with Gasteiger partial charge in [0.05, 0.1) is 6.10 Å². The lowest BCUT2D eigenvalue weighted by Crippen LogP contribution is -2.32. The molecule has 3 nitrogen and oxygen atoms in total. The quantitative estimate of drug-likeness (QED) is 0.614. The molecule has 0 aromatic heterocycles. The second-order valence-electron chi connectivity index (χ2n) is 5.15. The predicted molar refractivity (Wildman–Crippen MR) is 72.5 cm³/mol. The molecule has 3 heteroatoms. The molecule has 1 aliphatic carbocycles. The van der Waals surface area contributed by atoms with Crippen molar-refractivity contribution < 1.29 is 14.5 Å². The van der Waals surface area contributed by atoms with Gasteiger partial charge >= 0.3 is 0 Å². The van der Waals surface area contributed by atoms with Crippen LogP contribution in [0.25, 0.3) is 0 Å². The lowest BCUT2D eigenvalue weighted by molar-refractivity contribution is -0.373. The topological polar surface area (TPSA) is 27.7 Å². The Morgan fingerprint density at radius 3 is 2.68 bits per heavy atom. The summed E-state index contributed by atoms with van der Waals surface area (Å²) in [6.45, 7) is 0.507. The molecule has 1 unspecified atom stereocenters. The van der Waals surface area contributed by atoms with Crippen LogP contribution < -0.4 is 0 Å². The molecule has 0 radical (unpaired) electrons. The molecule has 1 aromatic carbocycles. The first-order valence-electron chi connectivity index (χ1n) is 7.09. The fraction of sp³-hybridized carbons (Fsp3) is 0.500. The van der Waals surface area contributed by atoms with Crippen molar-refractivity contribution in [1.29, 1.82) is 0 Å². The van der Waals surface area contributed by atoms with Gasteiger partial charge in [0.1, 0.15) is 6.61 Å². The van der Waals surface area contributed by atoms with Crippen molar-refractivity contribution in [2.45, 2.75) is 44.0 Å². The Bertz CT molecular complexity index is 415. The highest BCUT2D eigenvalue weighted by Crippen LogP contribution is 2.35. The fourth-order valence-electron chi connectivity index (χ4n) is 2.93. The molecule has 0 N–H and O–H groups in total. The van der Waals surface area contributed by atoms with E-state index in [1.54, 1.807) is 0 Å². The minimum absolute atomic E-state index is 0.215. The van der Waals surface area contributed by atoms with Gasteiger partial charge in [-0.25, -0.2) is 4.89 Å². The molecule has 1 heterocycles. The van der Waals surface area contributed by atoms with Crippen molar-refractivity contribution in [1.82, 2.24) is 0 Å². The largest absolute Gasteiger partial charge is 0.343 e. The van der Waals surface area contributed by atoms with Gasteiger partial charge in [-0.05, 0) is 24.5 Å². The summed E-state index contributed by atoms with van der Waals surface area (Å²) >= 11 is 0. The smallest absolute Gasteiger partial charge is 0.210 e. The Hall–Kier alpha value is -1.16. The summed E-state index contributed by atoms with van der Waals surface area (Å²) < 4.78 is 6.07. The van der Waals surface area contributed by atoms with E-state index in [0.29, 0.717) is 12.5 Å². The number of rotatable bonds is 3. The normalized spacial score (nSPS) is 31.3. The monoisotopic (exact) mass is 260 g/mol. The number of hydrogen-bond donors (Lipinski definition) is 0. The van der Waals surface area contributed by atoms with Crippen LogP contribution >= 0.6 is 0 Å². The average molecular weight is 260 g/mol. The third-order valence-electron chi connectivity index (χ3n) is 3.86. The van der Waals surface area contributed by atoms with Gasteiger partial charge in [-0.1, -0.05) is 49.2 Å². The van der Waals surface area contributed by atoms with Crippen LogP contribution in [0.5, 0.6) is 0 Å². The first-order chi connectivity index (χ1) is 9.43. The SMILES string of the molecule is C1=CC(O[C@@H]2CCCC[C@H]2c2ccccc2)OOC1. The first kappa shape index (κ1) is 12.9. The van der Waals surface area contributed by atoms with Crippen LogP contribution in [0.2, 0.25) is 0 Å². The second kappa shape index (κ2) is 6.33. The first-order valence-corrected chi connectivity index (χ1v) is 7.09. The van der Waals surface area contributed by atoms with Gasteiger partial charge in [0.15, 0.2) is 0 Å². The zero-order chi connectivity index (χ0) is 12.9. The number of hydrogen-bond acceptors (Lipinski definition) is 3. The minimum Gasteiger partial charge on any atom is -0.343 e. The highest BCUT2D eigenvalue weighted by molar-refractivity contribution is 5.21. The van der Waals surface area contributed by atoms with E-state index in [2.05, 4.69) is 30.3 Å². The van der Waals surface area contributed by atoms with Crippen molar-refractivity contribution in [2.24, 2.45) is 0 Å². The predicted octanol–water partition coefficient (Wildman–Crippen LogP) is 3.57. The second-order valence-corrected chi connectivity index (χ2v) is 5.15. The van der Waals surface area contributed by atoms with Gasteiger partial charge in [-0.15, -0.1) is 0 Å². The van der Waals surface area contributed by atoms with Gasteiger partial charge in [-0.3, -0.25) is 0 Å². The maximum absolute atomic E-state index is 6.07. The van der Waals surface area contributed by atoms with E-state index in [4.69, 9.17) is 14.5 Å². The number of benzene rings is 1. The summed E-state index contributed by atoms with van der Waals surface area (Å²) in [4.78, 5) is 10.1. The van der Waals surface area contributed by atoms with E-state index >= 15 is 0 Å². The van der Waals surface area contributed by atoms with Gasteiger partial charge in [0.25, 0.3) is 0 Å². The van der Waals surface area contributed by atoms with Crippen LogP contribution in [-0.4, -0.2) is 19.0 Å². The molecule has 0 saturated heterocycles. The Morgan fingerprint density at radius 2 is 1.89 bits per heavy atom. The molecule has 3 atom stereocenters. The fourth-order valence-corrected chi connectivity index (χ4v) is 2.93. The molecule has 19 heavy (non-hydrogen) atoms. The van der Waals surface area contributed by atoms with E-state index in [1.807, 2.05) is 12.2 Å². The summed E-state index contributed by atoms with van der Waals surface area (Å²) in [5.74, 6) is 0.467. The standard InChI is InChI=1S/C16H20O3/c1-2-7-13(8-3-1)14-9-4-5-10-15(14)18-16-11-6-12-17-19-16/h1-3,6-8,11,14-16H,4-5,9-10,12H2/t14-,15+,16?/m0/s1. The zero-order valence-corrected chi connectivity index (χ0v) is 11.0. The Balaban J connectivity index is 1.70. The highest BCUT2D eigenvalue weighted by Gasteiger charge is 2.29. The molecule has 1 fully saturated rings. The molecule has 0 bridgehead atoms. The zero-order valence-electron chi connectivity index (χ0n) is 11.0. The molecule has 1 saturated carbocycles. The lowest BCUT2D eigenvalue weighted by Gasteiger charge is -2.34. The van der Waals surface area contributed by atoms with Crippen LogP contribution in [0.3, 0.4) is 0 Å². The van der Waals surface area contributed by atoms with Crippen molar-refractivity contribution in [2.75, 3.05) is 6.61 Å². The van der Waals surface area contributed by atoms with E-state index in [9.17, 15) is 0 Å². The molecule has 1 aliphatic heterocycles. The van der Waals surface area contributed by atoms with Gasteiger partial charge in [0, 0.05) is 5.92 Å². The Kier molecular flexibility index (Phi) is 4.28. The van der Waals surface area contributed by atoms with Gasteiger partial charge < -0.3 is 4.74 Å². The Morgan fingerprint density at radius 1 is 1.05 bits per heavy atom. The maximum atomic E-state index is 6.07. The van der Waals surface area contributed by atoms with E-state index < -0.39 is 0 Å². The van der Waals surface area contributed by atoms with Crippen LogP contribution in [0.15, 0.2) is 42.5 Å². The molecule has 0 amide bonds. The molecular weight excluding hydrogens is 240 g/mol. The van der Waals surface area contributed by atoms with Crippen molar-refractivity contribution in [3.05, 3.63) is 48.0 Å². The van der Waals surface area contributed by atoms with Crippen molar-refractivity contribution in [3.63, 3.8) is 0 Å². The molecule has 1 aromatic rings. The van der Waals surface area contributed by atoms with Crippen LogP contribution in [0, 0.1) is 0 Å². The van der Waals surface area contributed by atoms with Crippen LogP contribution in [0.4, 0.5) is 0 Å². The Labute approximate surface area is 114 Å². The van der Waals surface area contributed by atoms with E-state index in [0.717, 1.165) is 6.42 Å². The van der Waals surface area contributed by atoms with E-state index in [1.165, 1.54) is 24.8 Å². The summed E-state index contributed by atoms with van der Waals surface area (Å²) in [7, 11) is 0. The molecule has 102 valence electrons. The lowest BCUT2D eigenvalue weighted by atomic mass is 9.81. The summed E-state index contributed by atoms with van der Waals surface area (Å²) in [6, 6.07) is 10.6. The van der Waals surface area contributed by atoms with Crippen molar-refractivity contribution in [3.8, 4) is 0 Å². The minimum atomic E-state index is -0.358. The van der Waals surface area contributed by atoms with Gasteiger partial charge in [-0.2, -0.15) is 4.89 Å². The van der Waals surface area contributed by atoms with Crippen LogP contribution in [0.1, 0.15) is 37.2 Å².